The standard InChI is InChI=1S/C42H27ClN2O3Si/c43-29-20-25-42-40(27-29)48-39-18-7-8-19-41(39)49(42,32-11-9-10-28(26-32)33-12-1-6-17-38(33)45(46)47)31-23-21-30(22-24-31)44-36-15-4-2-13-34(36)35-14-3-5-16-37(35)44/h1-27H. The first-order valence-corrected chi connectivity index (χ1v) is 18.4. The van der Waals surface area contributed by atoms with E-state index < -0.39 is 8.07 Å². The molecule has 1 atom stereocenters. The maximum Gasteiger partial charge on any atom is 0.277 e. The number of hydrogen-bond donors (Lipinski definition) is 0. The molecule has 9 rings (SSSR count). The average Bonchev–Trinajstić information content (AvgIpc) is 3.48. The summed E-state index contributed by atoms with van der Waals surface area (Å²) in [5.41, 5.74) is 4.81. The van der Waals surface area contributed by atoms with E-state index in [4.69, 9.17) is 16.3 Å². The first-order valence-electron chi connectivity index (χ1n) is 16.0. The van der Waals surface area contributed by atoms with Gasteiger partial charge in [0.2, 0.25) is 0 Å². The summed E-state index contributed by atoms with van der Waals surface area (Å²) in [7, 11) is -3.09. The lowest BCUT2D eigenvalue weighted by Gasteiger charge is -2.39. The second-order valence-electron chi connectivity index (χ2n) is 12.3. The number of ether oxygens (including phenoxy) is 1. The Kier molecular flexibility index (Phi) is 6.76. The van der Waals surface area contributed by atoms with E-state index in [0.717, 1.165) is 54.5 Å². The van der Waals surface area contributed by atoms with Gasteiger partial charge in [-0.3, -0.25) is 10.1 Å². The summed E-state index contributed by atoms with van der Waals surface area (Å²) in [6.07, 6.45) is 0. The normalized spacial score (nSPS) is 15.0. The van der Waals surface area contributed by atoms with Crippen LogP contribution in [0.25, 0.3) is 38.6 Å². The molecule has 234 valence electrons. The van der Waals surface area contributed by atoms with Gasteiger partial charge in [-0.05, 0) is 74.8 Å². The van der Waals surface area contributed by atoms with Crippen molar-refractivity contribution in [2.75, 3.05) is 0 Å². The fraction of sp³-hybridized carbons (Fsp3) is 0. The number of nitro benzene ring substituents is 1. The highest BCUT2D eigenvalue weighted by atomic mass is 35.5. The van der Waals surface area contributed by atoms with Gasteiger partial charge in [0.1, 0.15) is 11.5 Å². The fourth-order valence-electron chi connectivity index (χ4n) is 7.67. The van der Waals surface area contributed by atoms with Crippen molar-refractivity contribution in [3.63, 3.8) is 0 Å². The molecule has 1 unspecified atom stereocenters. The minimum Gasteiger partial charge on any atom is -0.457 e. The van der Waals surface area contributed by atoms with Crippen LogP contribution in [-0.4, -0.2) is 17.6 Å². The van der Waals surface area contributed by atoms with Gasteiger partial charge >= 0.3 is 0 Å². The van der Waals surface area contributed by atoms with Crippen LogP contribution in [0.5, 0.6) is 11.5 Å². The molecule has 0 N–H and O–H groups in total. The number of fused-ring (bicyclic) bond motifs is 5. The van der Waals surface area contributed by atoms with Crippen molar-refractivity contribution in [3.05, 3.63) is 179 Å². The molecule has 0 saturated carbocycles. The molecule has 1 aliphatic heterocycles. The summed E-state index contributed by atoms with van der Waals surface area (Å²) in [4.78, 5) is 11.8. The highest BCUT2D eigenvalue weighted by Gasteiger charge is 2.48. The second-order valence-corrected chi connectivity index (χ2v) is 16.4. The zero-order valence-electron chi connectivity index (χ0n) is 26.1. The minimum absolute atomic E-state index is 0.0745. The Labute approximate surface area is 288 Å². The van der Waals surface area contributed by atoms with Crippen LogP contribution in [0, 0.1) is 10.1 Å². The van der Waals surface area contributed by atoms with Crippen molar-refractivity contribution in [1.82, 2.24) is 4.57 Å². The highest BCUT2D eigenvalue weighted by molar-refractivity contribution is 7.20. The van der Waals surface area contributed by atoms with Crippen LogP contribution < -0.4 is 25.5 Å². The van der Waals surface area contributed by atoms with Crippen molar-refractivity contribution < 1.29 is 9.66 Å². The van der Waals surface area contributed by atoms with E-state index in [9.17, 15) is 10.1 Å². The smallest absolute Gasteiger partial charge is 0.277 e. The van der Waals surface area contributed by atoms with Crippen LogP contribution in [0.1, 0.15) is 0 Å². The number of nitrogens with zero attached hydrogens (tertiary/aromatic N) is 2. The monoisotopic (exact) mass is 670 g/mol. The predicted octanol–water partition coefficient (Wildman–Crippen LogP) is 8.50. The molecule has 7 aromatic carbocycles. The number of rotatable bonds is 5. The number of nitro groups is 1. The molecule has 0 saturated heterocycles. The van der Waals surface area contributed by atoms with Gasteiger partial charge in [-0.15, -0.1) is 0 Å². The van der Waals surface area contributed by atoms with Crippen molar-refractivity contribution >= 4 is 67.9 Å². The molecule has 1 aliphatic rings. The van der Waals surface area contributed by atoms with E-state index in [-0.39, 0.29) is 10.6 Å². The molecule has 0 aliphatic carbocycles. The van der Waals surface area contributed by atoms with Crippen molar-refractivity contribution in [1.29, 1.82) is 0 Å². The van der Waals surface area contributed by atoms with E-state index in [1.54, 1.807) is 12.1 Å². The van der Waals surface area contributed by atoms with Crippen LogP contribution in [-0.2, 0) is 0 Å². The highest BCUT2D eigenvalue weighted by Crippen LogP contribution is 2.35. The lowest BCUT2D eigenvalue weighted by molar-refractivity contribution is -0.384. The first kappa shape index (κ1) is 29.2. The molecule has 0 spiro atoms. The largest absolute Gasteiger partial charge is 0.457 e. The van der Waals surface area contributed by atoms with Crippen molar-refractivity contribution in [3.8, 4) is 28.3 Å². The Hall–Kier alpha value is -5.95. The van der Waals surface area contributed by atoms with Gasteiger partial charge in [0.15, 0.2) is 8.07 Å². The maximum absolute atomic E-state index is 12.1. The summed E-state index contributed by atoms with van der Waals surface area (Å²) in [5, 5.41) is 19.5. The Morgan fingerprint density at radius 2 is 1.24 bits per heavy atom. The third kappa shape index (κ3) is 4.45. The van der Waals surface area contributed by atoms with Gasteiger partial charge in [-0.2, -0.15) is 0 Å². The third-order valence-corrected chi connectivity index (χ3v) is 14.8. The molecule has 0 amide bonds. The van der Waals surface area contributed by atoms with E-state index >= 15 is 0 Å². The molecule has 8 aromatic rings. The quantitative estimate of drug-likeness (QED) is 0.105. The first-order chi connectivity index (χ1) is 24.0. The summed E-state index contributed by atoms with van der Waals surface area (Å²) in [5.74, 6) is 1.51. The lowest BCUT2D eigenvalue weighted by atomic mass is 10.0. The summed E-state index contributed by atoms with van der Waals surface area (Å²) < 4.78 is 8.88. The SMILES string of the molecule is O=[N+]([O-])c1ccccc1-c1cccc([Si]2(c3ccc(-n4c5ccccc5c5ccccc54)cc3)c3ccccc3Oc3cc(Cl)ccc32)c1. The number of benzene rings is 7. The van der Waals surface area contributed by atoms with Crippen LogP contribution >= 0.6 is 11.6 Å². The van der Waals surface area contributed by atoms with E-state index in [1.165, 1.54) is 10.8 Å². The van der Waals surface area contributed by atoms with Gasteiger partial charge in [-0.25, -0.2) is 0 Å². The van der Waals surface area contributed by atoms with E-state index in [1.807, 2.05) is 48.5 Å². The summed E-state index contributed by atoms with van der Waals surface area (Å²) in [6, 6.07) is 55.3. The molecule has 0 radical (unpaired) electrons. The number of para-hydroxylation sites is 4. The maximum atomic E-state index is 12.1. The zero-order valence-corrected chi connectivity index (χ0v) is 27.8. The third-order valence-electron chi connectivity index (χ3n) is 9.70. The van der Waals surface area contributed by atoms with Gasteiger partial charge < -0.3 is 9.30 Å². The van der Waals surface area contributed by atoms with E-state index in [0.29, 0.717) is 10.6 Å². The molecule has 5 nitrogen and oxygen atoms in total. The minimum atomic E-state index is -3.09. The van der Waals surface area contributed by atoms with Gasteiger partial charge in [0.25, 0.3) is 5.69 Å². The van der Waals surface area contributed by atoms with Crippen LogP contribution in [0.3, 0.4) is 0 Å². The Morgan fingerprint density at radius 1 is 0.592 bits per heavy atom. The molecular formula is C42H27ClN2O3Si. The molecule has 2 heterocycles. The zero-order chi connectivity index (χ0) is 33.1. The van der Waals surface area contributed by atoms with Crippen molar-refractivity contribution in [2.45, 2.75) is 0 Å². The molecular weight excluding hydrogens is 644 g/mol. The lowest BCUT2D eigenvalue weighted by Crippen LogP contribution is -2.76. The van der Waals surface area contributed by atoms with Crippen LogP contribution in [0.15, 0.2) is 164 Å². The Balaban J connectivity index is 1.32. The Bertz CT molecular complexity index is 2540. The second kappa shape index (κ2) is 11.3. The molecule has 7 heteroatoms. The van der Waals surface area contributed by atoms with Gasteiger partial charge in [0, 0.05) is 27.5 Å². The molecule has 0 fully saturated rings. The van der Waals surface area contributed by atoms with Crippen LogP contribution in [0.4, 0.5) is 5.69 Å². The molecule has 0 bridgehead atoms. The van der Waals surface area contributed by atoms with Crippen LogP contribution in [0.2, 0.25) is 5.02 Å². The van der Waals surface area contributed by atoms with Gasteiger partial charge in [-0.1, -0.05) is 121 Å². The molecule has 49 heavy (non-hydrogen) atoms. The van der Waals surface area contributed by atoms with Crippen molar-refractivity contribution in [2.24, 2.45) is 0 Å². The number of halogens is 1. The summed E-state index contributed by atoms with van der Waals surface area (Å²) in [6.45, 7) is 0. The van der Waals surface area contributed by atoms with E-state index in [2.05, 4.69) is 108 Å². The molecule has 1 aromatic heterocycles. The summed E-state index contributed by atoms with van der Waals surface area (Å²) >= 11 is 6.58. The van der Waals surface area contributed by atoms with Gasteiger partial charge in [0.05, 0.1) is 21.5 Å². The number of hydrogen-bond acceptors (Lipinski definition) is 3. The topological polar surface area (TPSA) is 57.3 Å². The number of aromatic nitrogens is 1. The average molecular weight is 671 g/mol. The predicted molar refractivity (Wildman–Crippen MR) is 202 cm³/mol. The fourth-order valence-corrected chi connectivity index (χ4v) is 12.8. The Morgan fingerprint density at radius 3 is 2.00 bits per heavy atom.